The van der Waals surface area contributed by atoms with Crippen molar-refractivity contribution in [1.82, 2.24) is 15.1 Å². The number of amides is 1. The van der Waals surface area contributed by atoms with Crippen molar-refractivity contribution < 1.29 is 24.2 Å². The molecule has 0 aromatic carbocycles. The van der Waals surface area contributed by atoms with Gasteiger partial charge in [-0.1, -0.05) is 0 Å². The molecule has 0 spiro atoms. The molecule has 0 saturated carbocycles. The zero-order valence-electron chi connectivity index (χ0n) is 12.4. The van der Waals surface area contributed by atoms with Gasteiger partial charge in [-0.15, -0.1) is 0 Å². The summed E-state index contributed by atoms with van der Waals surface area (Å²) in [6, 6.07) is -1.35. The van der Waals surface area contributed by atoms with Gasteiger partial charge in [0, 0.05) is 13.2 Å². The fourth-order valence-corrected chi connectivity index (χ4v) is 1.53. The summed E-state index contributed by atoms with van der Waals surface area (Å²) in [6.45, 7) is 5.03. The van der Waals surface area contributed by atoms with Crippen molar-refractivity contribution in [2.75, 3.05) is 0 Å². The molecule has 1 amide bonds. The molecule has 0 radical (unpaired) electrons. The Bertz CT molecular complexity index is 544. The fourth-order valence-electron chi connectivity index (χ4n) is 1.53. The Balaban J connectivity index is 2.68. The zero-order valence-corrected chi connectivity index (χ0v) is 12.4. The molecule has 116 valence electrons. The average Bonchev–Trinajstić information content (AvgIpc) is 2.72. The average molecular weight is 297 g/mol. The molecular formula is C13H19N3O5. The number of carbonyl (C=O) groups excluding carboxylic acids is 2. The standard InChI is InChI=1S/C13H19N3O5/c1-13(2,3)21-10(17)5-9(12(19)20)15-11(18)8-6-14-16(4)7-8/h6-7,9H,5H2,1-4H3,(H,15,18)(H,19,20)/t9-/m0/s1. The second-order valence-corrected chi connectivity index (χ2v) is 5.56. The van der Waals surface area contributed by atoms with Gasteiger partial charge >= 0.3 is 11.9 Å². The first-order valence-corrected chi connectivity index (χ1v) is 6.32. The number of esters is 1. The van der Waals surface area contributed by atoms with Crippen LogP contribution in [0, 0.1) is 0 Å². The van der Waals surface area contributed by atoms with E-state index in [1.54, 1.807) is 27.8 Å². The molecule has 0 aliphatic heterocycles. The van der Waals surface area contributed by atoms with Crippen LogP contribution in [0.5, 0.6) is 0 Å². The fraction of sp³-hybridized carbons (Fsp3) is 0.538. The van der Waals surface area contributed by atoms with Gasteiger partial charge in [-0.05, 0) is 20.8 Å². The lowest BCUT2D eigenvalue weighted by molar-refractivity contribution is -0.158. The van der Waals surface area contributed by atoms with Crippen molar-refractivity contribution >= 4 is 17.8 Å². The van der Waals surface area contributed by atoms with Crippen LogP contribution in [0.3, 0.4) is 0 Å². The first-order valence-electron chi connectivity index (χ1n) is 6.32. The summed E-state index contributed by atoms with van der Waals surface area (Å²) < 4.78 is 6.45. The molecule has 8 nitrogen and oxygen atoms in total. The van der Waals surface area contributed by atoms with Crippen LogP contribution in [0.2, 0.25) is 0 Å². The minimum atomic E-state index is -1.35. The van der Waals surface area contributed by atoms with E-state index < -0.39 is 35.9 Å². The van der Waals surface area contributed by atoms with Crippen LogP contribution in [0.4, 0.5) is 0 Å². The number of aromatic nitrogens is 2. The van der Waals surface area contributed by atoms with Gasteiger partial charge in [-0.25, -0.2) is 4.79 Å². The third kappa shape index (κ3) is 5.64. The van der Waals surface area contributed by atoms with Gasteiger partial charge in [-0.2, -0.15) is 5.10 Å². The molecule has 0 unspecified atom stereocenters. The lowest BCUT2D eigenvalue weighted by Gasteiger charge is -2.21. The van der Waals surface area contributed by atoms with E-state index in [2.05, 4.69) is 10.4 Å². The Morgan fingerprint density at radius 1 is 1.43 bits per heavy atom. The van der Waals surface area contributed by atoms with E-state index in [0.29, 0.717) is 0 Å². The second-order valence-electron chi connectivity index (χ2n) is 5.56. The highest BCUT2D eigenvalue weighted by molar-refractivity contribution is 5.97. The van der Waals surface area contributed by atoms with E-state index >= 15 is 0 Å². The summed E-state index contributed by atoms with van der Waals surface area (Å²) in [6.07, 6.45) is 2.31. The van der Waals surface area contributed by atoms with Crippen LogP contribution in [0.25, 0.3) is 0 Å². The van der Waals surface area contributed by atoms with Crippen molar-refractivity contribution in [3.8, 4) is 0 Å². The van der Waals surface area contributed by atoms with Crippen LogP contribution in [-0.4, -0.2) is 44.4 Å². The first kappa shape index (κ1) is 16.7. The normalized spacial score (nSPS) is 12.6. The number of nitrogens with zero attached hydrogens (tertiary/aromatic N) is 2. The molecule has 8 heteroatoms. The summed E-state index contributed by atoms with van der Waals surface area (Å²) in [5, 5.41) is 15.2. The Morgan fingerprint density at radius 3 is 2.48 bits per heavy atom. The summed E-state index contributed by atoms with van der Waals surface area (Å²) in [4.78, 5) is 34.6. The highest BCUT2D eigenvalue weighted by atomic mass is 16.6. The number of rotatable bonds is 5. The number of ether oxygens (including phenoxy) is 1. The van der Waals surface area contributed by atoms with Crippen molar-refractivity contribution in [3.05, 3.63) is 18.0 Å². The number of carboxylic acid groups (broad SMARTS) is 1. The summed E-state index contributed by atoms with van der Waals surface area (Å²) in [5.74, 6) is -2.61. The van der Waals surface area contributed by atoms with Gasteiger partial charge in [0.2, 0.25) is 0 Å². The molecule has 0 saturated heterocycles. The monoisotopic (exact) mass is 297 g/mol. The number of aliphatic carboxylic acids is 1. The first-order chi connectivity index (χ1) is 9.58. The van der Waals surface area contributed by atoms with E-state index in [1.165, 1.54) is 17.1 Å². The minimum absolute atomic E-state index is 0.216. The lowest BCUT2D eigenvalue weighted by Crippen LogP contribution is -2.43. The second kappa shape index (κ2) is 6.38. The summed E-state index contributed by atoms with van der Waals surface area (Å²) >= 11 is 0. The van der Waals surface area contributed by atoms with E-state index in [1.807, 2.05) is 0 Å². The highest BCUT2D eigenvalue weighted by Gasteiger charge is 2.27. The Hall–Kier alpha value is -2.38. The van der Waals surface area contributed by atoms with Gasteiger partial charge < -0.3 is 15.2 Å². The maximum absolute atomic E-state index is 11.9. The van der Waals surface area contributed by atoms with Crippen LogP contribution >= 0.6 is 0 Å². The van der Waals surface area contributed by atoms with Crippen molar-refractivity contribution in [2.24, 2.45) is 7.05 Å². The van der Waals surface area contributed by atoms with E-state index in [4.69, 9.17) is 9.84 Å². The molecular weight excluding hydrogens is 278 g/mol. The quantitative estimate of drug-likeness (QED) is 0.758. The van der Waals surface area contributed by atoms with E-state index in [9.17, 15) is 14.4 Å². The van der Waals surface area contributed by atoms with Gasteiger partial charge in [-0.3, -0.25) is 14.3 Å². The molecule has 1 aromatic rings. The molecule has 0 aliphatic carbocycles. The Morgan fingerprint density at radius 2 is 2.05 bits per heavy atom. The molecule has 1 heterocycles. The van der Waals surface area contributed by atoms with Crippen LogP contribution in [0.15, 0.2) is 12.4 Å². The predicted octanol–water partition coefficient (Wildman–Crippen LogP) is 0.335. The maximum atomic E-state index is 11.9. The van der Waals surface area contributed by atoms with Crippen molar-refractivity contribution in [1.29, 1.82) is 0 Å². The van der Waals surface area contributed by atoms with Gasteiger partial charge in [0.25, 0.3) is 5.91 Å². The smallest absolute Gasteiger partial charge is 0.326 e. The minimum Gasteiger partial charge on any atom is -0.480 e. The van der Waals surface area contributed by atoms with E-state index in [-0.39, 0.29) is 5.56 Å². The third-order valence-electron chi connectivity index (χ3n) is 2.36. The Labute approximate surface area is 122 Å². The molecule has 1 aromatic heterocycles. The van der Waals surface area contributed by atoms with Crippen LogP contribution in [0.1, 0.15) is 37.6 Å². The maximum Gasteiger partial charge on any atom is 0.326 e. The molecule has 2 N–H and O–H groups in total. The van der Waals surface area contributed by atoms with Crippen molar-refractivity contribution in [2.45, 2.75) is 38.8 Å². The molecule has 1 rings (SSSR count). The highest BCUT2D eigenvalue weighted by Crippen LogP contribution is 2.10. The number of hydrogen-bond donors (Lipinski definition) is 2. The van der Waals surface area contributed by atoms with Crippen LogP contribution < -0.4 is 5.32 Å². The summed E-state index contributed by atoms with van der Waals surface area (Å²) in [7, 11) is 1.63. The number of aryl methyl sites for hydroxylation is 1. The van der Waals surface area contributed by atoms with Gasteiger partial charge in [0.05, 0.1) is 18.2 Å². The van der Waals surface area contributed by atoms with E-state index in [0.717, 1.165) is 0 Å². The third-order valence-corrected chi connectivity index (χ3v) is 2.36. The number of carboxylic acids is 1. The summed E-state index contributed by atoms with van der Waals surface area (Å²) in [5.41, 5.74) is -0.499. The number of hydrogen-bond acceptors (Lipinski definition) is 5. The molecule has 0 aliphatic rings. The largest absolute Gasteiger partial charge is 0.480 e. The number of carbonyl (C=O) groups is 3. The molecule has 21 heavy (non-hydrogen) atoms. The number of nitrogens with one attached hydrogen (secondary N) is 1. The van der Waals surface area contributed by atoms with Gasteiger partial charge in [0.1, 0.15) is 11.6 Å². The SMILES string of the molecule is Cn1cc(C(=O)N[C@@H](CC(=O)OC(C)(C)C)C(=O)O)cn1. The molecule has 0 fully saturated rings. The topological polar surface area (TPSA) is 111 Å². The van der Waals surface area contributed by atoms with Crippen molar-refractivity contribution in [3.63, 3.8) is 0 Å². The van der Waals surface area contributed by atoms with Crippen LogP contribution in [-0.2, 0) is 21.4 Å². The predicted molar refractivity (Wildman–Crippen MR) is 72.6 cm³/mol. The van der Waals surface area contributed by atoms with Gasteiger partial charge in [0.15, 0.2) is 0 Å². The lowest BCUT2D eigenvalue weighted by atomic mass is 10.1. The molecule has 1 atom stereocenters. The zero-order chi connectivity index (χ0) is 16.2. The Kier molecular flexibility index (Phi) is 5.07. The molecule has 0 bridgehead atoms.